The van der Waals surface area contributed by atoms with E-state index in [1.807, 2.05) is 30.5 Å². The van der Waals surface area contributed by atoms with E-state index in [2.05, 4.69) is 5.10 Å². The minimum Gasteiger partial charge on any atom is -0.308 e. The van der Waals surface area contributed by atoms with Crippen molar-refractivity contribution in [2.45, 2.75) is 30.6 Å². The average Bonchev–Trinajstić information content (AvgIpc) is 3.53. The summed E-state index contributed by atoms with van der Waals surface area (Å²) in [6.45, 7) is 1.77. The molecule has 160 valence electrons. The third kappa shape index (κ3) is 3.66. The molecule has 2 aliphatic rings. The number of aryl methyl sites for hydroxylation is 1. The number of carbonyl (C=O) groups is 1. The number of rotatable bonds is 4. The van der Waals surface area contributed by atoms with E-state index in [4.69, 9.17) is 0 Å². The van der Waals surface area contributed by atoms with Crippen LogP contribution in [0.15, 0.2) is 65.8 Å². The average molecular weight is 437 g/mol. The molecule has 0 spiro atoms. The highest BCUT2D eigenvalue weighted by atomic mass is 32.2. The molecule has 2 aliphatic heterocycles. The summed E-state index contributed by atoms with van der Waals surface area (Å²) in [5.74, 6) is -0.0925. The molecule has 1 saturated heterocycles. The maximum absolute atomic E-state index is 13.3. The molecule has 31 heavy (non-hydrogen) atoms. The van der Waals surface area contributed by atoms with Crippen molar-refractivity contribution in [1.82, 2.24) is 14.1 Å². The van der Waals surface area contributed by atoms with Gasteiger partial charge in [0.15, 0.2) is 0 Å². The van der Waals surface area contributed by atoms with Gasteiger partial charge >= 0.3 is 0 Å². The molecular weight excluding hydrogens is 412 g/mol. The molecule has 1 aromatic heterocycles. The standard InChI is InChI=1S/C23H24N4O3S/c28-23(19-6-3-8-20(16-19)27-15-5-11-24-27)26-14-4-7-18-17-21(9-10-22(18)26)31(29,30)25-12-1-2-13-25/h3,5-6,8-11,15-17H,1-2,4,7,12-14H2. The van der Waals surface area contributed by atoms with Crippen LogP contribution in [0.25, 0.3) is 5.69 Å². The molecule has 1 fully saturated rings. The molecule has 0 atom stereocenters. The van der Waals surface area contributed by atoms with Crippen molar-refractivity contribution in [3.8, 4) is 5.69 Å². The number of benzene rings is 2. The second-order valence-corrected chi connectivity index (χ2v) is 9.90. The van der Waals surface area contributed by atoms with E-state index in [-0.39, 0.29) is 5.91 Å². The Morgan fingerprint density at radius 2 is 1.77 bits per heavy atom. The van der Waals surface area contributed by atoms with E-state index in [0.717, 1.165) is 42.6 Å². The zero-order valence-corrected chi connectivity index (χ0v) is 18.0. The van der Waals surface area contributed by atoms with Gasteiger partial charge in [-0.25, -0.2) is 13.1 Å². The summed E-state index contributed by atoms with van der Waals surface area (Å²) in [7, 11) is -3.47. The lowest BCUT2D eigenvalue weighted by Crippen LogP contribution is -2.36. The van der Waals surface area contributed by atoms with Gasteiger partial charge in [-0.05, 0) is 73.7 Å². The fourth-order valence-corrected chi connectivity index (χ4v) is 5.95. The van der Waals surface area contributed by atoms with Crippen molar-refractivity contribution in [3.05, 3.63) is 72.1 Å². The fraction of sp³-hybridized carbons (Fsp3) is 0.304. The first-order chi connectivity index (χ1) is 15.0. The highest BCUT2D eigenvalue weighted by Crippen LogP contribution is 2.32. The molecule has 0 N–H and O–H groups in total. The molecule has 5 rings (SSSR count). The van der Waals surface area contributed by atoms with Crippen LogP contribution in [0.5, 0.6) is 0 Å². The largest absolute Gasteiger partial charge is 0.308 e. The SMILES string of the molecule is O=C(c1cccc(-n2cccn2)c1)N1CCCc2cc(S(=O)(=O)N3CCCC3)ccc21. The van der Waals surface area contributed by atoms with Crippen LogP contribution >= 0.6 is 0 Å². The van der Waals surface area contributed by atoms with Gasteiger partial charge in [0, 0.05) is 43.3 Å². The number of anilines is 1. The maximum atomic E-state index is 13.3. The van der Waals surface area contributed by atoms with Crippen molar-refractivity contribution in [2.75, 3.05) is 24.5 Å². The van der Waals surface area contributed by atoms with E-state index >= 15 is 0 Å². The van der Waals surface area contributed by atoms with Gasteiger partial charge in [-0.3, -0.25) is 4.79 Å². The molecule has 2 aromatic carbocycles. The second kappa shape index (κ2) is 7.94. The minimum atomic E-state index is -3.47. The number of sulfonamides is 1. The first-order valence-corrected chi connectivity index (χ1v) is 12.0. The molecule has 0 unspecified atom stereocenters. The monoisotopic (exact) mass is 436 g/mol. The van der Waals surface area contributed by atoms with E-state index in [1.165, 1.54) is 0 Å². The number of carbonyl (C=O) groups excluding carboxylic acids is 1. The van der Waals surface area contributed by atoms with E-state index < -0.39 is 10.0 Å². The summed E-state index contributed by atoms with van der Waals surface area (Å²) in [5.41, 5.74) is 3.10. The Labute approximate surface area is 182 Å². The van der Waals surface area contributed by atoms with Crippen LogP contribution in [0.1, 0.15) is 35.2 Å². The Bertz CT molecular complexity index is 1220. The Morgan fingerprint density at radius 1 is 0.935 bits per heavy atom. The summed E-state index contributed by atoms with van der Waals surface area (Å²) >= 11 is 0. The van der Waals surface area contributed by atoms with E-state index in [0.29, 0.717) is 30.1 Å². The lowest BCUT2D eigenvalue weighted by Gasteiger charge is -2.30. The van der Waals surface area contributed by atoms with Crippen LogP contribution in [-0.2, 0) is 16.4 Å². The van der Waals surface area contributed by atoms with Crippen LogP contribution in [-0.4, -0.2) is 48.0 Å². The molecular formula is C23H24N4O3S. The highest BCUT2D eigenvalue weighted by Gasteiger charge is 2.30. The molecule has 1 amide bonds. The van der Waals surface area contributed by atoms with Crippen LogP contribution in [0.4, 0.5) is 5.69 Å². The Balaban J connectivity index is 1.45. The Morgan fingerprint density at radius 3 is 2.55 bits per heavy atom. The molecule has 7 nitrogen and oxygen atoms in total. The predicted octanol–water partition coefficient (Wildman–Crippen LogP) is 3.25. The molecule has 0 saturated carbocycles. The first-order valence-electron chi connectivity index (χ1n) is 10.6. The smallest absolute Gasteiger partial charge is 0.258 e. The van der Waals surface area contributed by atoms with Gasteiger partial charge in [-0.1, -0.05) is 6.07 Å². The quantitative estimate of drug-likeness (QED) is 0.629. The minimum absolute atomic E-state index is 0.0925. The van der Waals surface area contributed by atoms with Gasteiger partial charge in [0.25, 0.3) is 5.91 Å². The molecule has 3 aromatic rings. The summed E-state index contributed by atoms with van der Waals surface area (Å²) < 4.78 is 29.2. The number of hydrogen-bond donors (Lipinski definition) is 0. The summed E-state index contributed by atoms with van der Waals surface area (Å²) in [5, 5.41) is 4.23. The third-order valence-corrected chi connectivity index (χ3v) is 7.87. The number of aromatic nitrogens is 2. The fourth-order valence-electron chi connectivity index (χ4n) is 4.38. The van der Waals surface area contributed by atoms with Crippen molar-refractivity contribution in [2.24, 2.45) is 0 Å². The number of hydrogen-bond acceptors (Lipinski definition) is 4. The lowest BCUT2D eigenvalue weighted by atomic mass is 10.0. The lowest BCUT2D eigenvalue weighted by molar-refractivity contribution is 0.0985. The summed E-state index contributed by atoms with van der Waals surface area (Å²) in [4.78, 5) is 15.4. The van der Waals surface area contributed by atoms with E-state index in [1.54, 1.807) is 44.3 Å². The van der Waals surface area contributed by atoms with Gasteiger partial charge < -0.3 is 4.90 Å². The van der Waals surface area contributed by atoms with Gasteiger partial charge in [0.2, 0.25) is 10.0 Å². The highest BCUT2D eigenvalue weighted by molar-refractivity contribution is 7.89. The molecule has 0 aliphatic carbocycles. The zero-order valence-electron chi connectivity index (χ0n) is 17.1. The Kier molecular flexibility index (Phi) is 5.11. The summed E-state index contributed by atoms with van der Waals surface area (Å²) in [6, 6.07) is 14.4. The number of amides is 1. The predicted molar refractivity (Wildman–Crippen MR) is 118 cm³/mol. The van der Waals surface area contributed by atoms with Crippen molar-refractivity contribution < 1.29 is 13.2 Å². The summed E-state index contributed by atoms with van der Waals surface area (Å²) in [6.07, 6.45) is 6.90. The Hall–Kier alpha value is -2.97. The second-order valence-electron chi connectivity index (χ2n) is 7.96. The number of nitrogens with zero attached hydrogens (tertiary/aromatic N) is 4. The van der Waals surface area contributed by atoms with Crippen LogP contribution in [0.2, 0.25) is 0 Å². The van der Waals surface area contributed by atoms with Gasteiger partial charge in [0.05, 0.1) is 10.6 Å². The maximum Gasteiger partial charge on any atom is 0.258 e. The topological polar surface area (TPSA) is 75.5 Å². The molecule has 0 radical (unpaired) electrons. The van der Waals surface area contributed by atoms with E-state index in [9.17, 15) is 13.2 Å². The van der Waals surface area contributed by atoms with Crippen LogP contribution in [0, 0.1) is 0 Å². The number of fused-ring (bicyclic) bond motifs is 1. The van der Waals surface area contributed by atoms with Gasteiger partial charge in [-0.2, -0.15) is 9.40 Å². The first kappa shape index (κ1) is 20.0. The van der Waals surface area contributed by atoms with Crippen molar-refractivity contribution in [1.29, 1.82) is 0 Å². The van der Waals surface area contributed by atoms with Crippen LogP contribution < -0.4 is 4.90 Å². The molecule has 0 bridgehead atoms. The van der Waals surface area contributed by atoms with Crippen LogP contribution in [0.3, 0.4) is 0 Å². The zero-order chi connectivity index (χ0) is 21.4. The normalized spacial score (nSPS) is 17.0. The van der Waals surface area contributed by atoms with Gasteiger partial charge in [0.1, 0.15) is 0 Å². The third-order valence-electron chi connectivity index (χ3n) is 5.98. The van der Waals surface area contributed by atoms with Gasteiger partial charge in [-0.15, -0.1) is 0 Å². The molecule has 8 heteroatoms. The molecule has 3 heterocycles. The van der Waals surface area contributed by atoms with Crippen molar-refractivity contribution in [3.63, 3.8) is 0 Å². The van der Waals surface area contributed by atoms with Crippen molar-refractivity contribution >= 4 is 21.6 Å².